The smallest absolute Gasteiger partial charge is 0.257 e. The molecule has 0 saturated heterocycles. The van der Waals surface area contributed by atoms with E-state index in [0.29, 0.717) is 13.0 Å². The Morgan fingerprint density at radius 1 is 1.16 bits per heavy atom. The Hall–Kier alpha value is -3.32. The zero-order valence-corrected chi connectivity index (χ0v) is 17.8. The van der Waals surface area contributed by atoms with Crippen molar-refractivity contribution in [1.29, 1.82) is 0 Å². The van der Waals surface area contributed by atoms with Gasteiger partial charge in [-0.1, -0.05) is 0 Å². The number of rotatable bonds is 5. The Kier molecular flexibility index (Phi) is 5.11. The molecule has 0 fully saturated rings. The lowest BCUT2D eigenvalue weighted by molar-refractivity contribution is -0.135. The van der Waals surface area contributed by atoms with Crippen LogP contribution in [0.25, 0.3) is 0 Å². The fraction of sp³-hybridized carbons (Fsp3) is 0.333. The average Bonchev–Trinajstić information content (AvgIpc) is 3.55. The molecule has 2 aliphatic heterocycles. The van der Waals surface area contributed by atoms with Gasteiger partial charge in [-0.2, -0.15) is 5.10 Å². The second kappa shape index (κ2) is 8.07. The lowest BCUT2D eigenvalue weighted by Crippen LogP contribution is -2.43. The molecule has 2 aromatic heterocycles. The molecule has 0 unspecified atom stereocenters. The van der Waals surface area contributed by atoms with Crippen molar-refractivity contribution < 1.29 is 13.9 Å². The van der Waals surface area contributed by atoms with Gasteiger partial charge in [0.15, 0.2) is 0 Å². The number of nitrogens with zero attached hydrogens (tertiary/aromatic N) is 4. The van der Waals surface area contributed by atoms with Gasteiger partial charge in [-0.25, -0.2) is 5.01 Å². The minimum Gasteiger partial charge on any atom is -0.497 e. The van der Waals surface area contributed by atoms with E-state index < -0.39 is 0 Å². The summed E-state index contributed by atoms with van der Waals surface area (Å²) in [6, 6.07) is 15.7. The number of carbonyl (C=O) groups excluding carboxylic acids is 1. The highest BCUT2D eigenvalue weighted by molar-refractivity contribution is 6.03. The monoisotopic (exact) mass is 418 g/mol. The number of hydrogen-bond donors (Lipinski definition) is 0. The topological polar surface area (TPSA) is 63.2 Å². The summed E-state index contributed by atoms with van der Waals surface area (Å²) in [5.74, 6) is 1.53. The van der Waals surface area contributed by atoms with Gasteiger partial charge < -0.3 is 13.7 Å². The van der Waals surface area contributed by atoms with E-state index in [-0.39, 0.29) is 18.0 Å². The van der Waals surface area contributed by atoms with Crippen molar-refractivity contribution in [3.8, 4) is 5.75 Å². The van der Waals surface area contributed by atoms with Crippen molar-refractivity contribution in [2.45, 2.75) is 32.0 Å². The molecule has 4 heterocycles. The number of hydrazone groups is 1. The molecule has 0 saturated carbocycles. The van der Waals surface area contributed by atoms with Crippen LogP contribution in [0.2, 0.25) is 0 Å². The third-order valence-electron chi connectivity index (χ3n) is 6.27. The Morgan fingerprint density at radius 3 is 2.74 bits per heavy atom. The number of amides is 1. The molecule has 0 aliphatic carbocycles. The van der Waals surface area contributed by atoms with Crippen molar-refractivity contribution >= 4 is 11.6 Å². The van der Waals surface area contributed by atoms with E-state index >= 15 is 0 Å². The zero-order chi connectivity index (χ0) is 21.4. The highest BCUT2D eigenvalue weighted by atomic mass is 16.5. The molecule has 7 nitrogen and oxygen atoms in total. The number of methoxy groups -OCH3 is 1. The maximum Gasteiger partial charge on any atom is 0.257 e. The molecule has 1 amide bonds. The Balaban J connectivity index is 1.38. The number of ether oxygens (including phenoxy) is 1. The van der Waals surface area contributed by atoms with Crippen LogP contribution >= 0.6 is 0 Å². The minimum absolute atomic E-state index is 0.0169. The third-order valence-corrected chi connectivity index (χ3v) is 6.27. The maximum absolute atomic E-state index is 13.4. The van der Waals surface area contributed by atoms with Crippen LogP contribution in [0.4, 0.5) is 0 Å². The Bertz CT molecular complexity index is 1080. The zero-order valence-electron chi connectivity index (χ0n) is 17.8. The highest BCUT2D eigenvalue weighted by Gasteiger charge is 2.36. The first-order valence-corrected chi connectivity index (χ1v) is 10.6. The van der Waals surface area contributed by atoms with Crippen LogP contribution < -0.4 is 4.74 Å². The normalized spacial score (nSPS) is 21.1. The SMILES string of the molecule is COc1ccc(C2=NN(C(=O)CN3CCn4cccc4[C@H]3C)[C@H](c3ccco3)C2)cc1. The van der Waals surface area contributed by atoms with Gasteiger partial charge in [0.05, 0.1) is 25.6 Å². The van der Waals surface area contributed by atoms with E-state index in [4.69, 9.17) is 14.3 Å². The fourth-order valence-corrected chi connectivity index (χ4v) is 4.49. The molecule has 0 N–H and O–H groups in total. The largest absolute Gasteiger partial charge is 0.497 e. The molecular formula is C24H26N4O3. The third kappa shape index (κ3) is 3.65. The van der Waals surface area contributed by atoms with Gasteiger partial charge in [-0.15, -0.1) is 0 Å². The number of hydrogen-bond acceptors (Lipinski definition) is 5. The van der Waals surface area contributed by atoms with E-state index in [1.54, 1.807) is 18.4 Å². The number of furan rings is 1. The predicted octanol–water partition coefficient (Wildman–Crippen LogP) is 3.84. The van der Waals surface area contributed by atoms with Gasteiger partial charge in [0.2, 0.25) is 0 Å². The van der Waals surface area contributed by atoms with Crippen LogP contribution in [0.1, 0.15) is 42.4 Å². The molecule has 5 rings (SSSR count). The molecule has 2 aliphatic rings. The Morgan fingerprint density at radius 2 is 2.00 bits per heavy atom. The first-order valence-electron chi connectivity index (χ1n) is 10.6. The van der Waals surface area contributed by atoms with Gasteiger partial charge in [0, 0.05) is 37.4 Å². The second-order valence-electron chi connectivity index (χ2n) is 8.02. The van der Waals surface area contributed by atoms with Crippen LogP contribution in [-0.4, -0.2) is 46.3 Å². The van der Waals surface area contributed by atoms with E-state index in [9.17, 15) is 4.79 Å². The predicted molar refractivity (Wildman–Crippen MR) is 117 cm³/mol. The van der Waals surface area contributed by atoms with Crippen LogP contribution in [0, 0.1) is 0 Å². The van der Waals surface area contributed by atoms with E-state index in [1.807, 2.05) is 36.4 Å². The molecule has 0 bridgehead atoms. The second-order valence-corrected chi connectivity index (χ2v) is 8.02. The van der Waals surface area contributed by atoms with Crippen molar-refractivity contribution in [3.05, 3.63) is 78.0 Å². The van der Waals surface area contributed by atoms with E-state index in [0.717, 1.165) is 35.9 Å². The molecule has 0 spiro atoms. The molecule has 3 aromatic rings. The molecule has 0 radical (unpaired) electrons. The summed E-state index contributed by atoms with van der Waals surface area (Å²) in [5.41, 5.74) is 3.10. The summed E-state index contributed by atoms with van der Waals surface area (Å²) in [7, 11) is 1.65. The quantitative estimate of drug-likeness (QED) is 0.632. The molecule has 1 aromatic carbocycles. The van der Waals surface area contributed by atoms with Crippen LogP contribution in [0.15, 0.2) is 70.5 Å². The van der Waals surface area contributed by atoms with Crippen molar-refractivity contribution in [3.63, 3.8) is 0 Å². The summed E-state index contributed by atoms with van der Waals surface area (Å²) in [6.07, 6.45) is 4.36. The van der Waals surface area contributed by atoms with Gasteiger partial charge in [0.25, 0.3) is 5.91 Å². The van der Waals surface area contributed by atoms with Crippen molar-refractivity contribution in [1.82, 2.24) is 14.5 Å². The first kappa shape index (κ1) is 19.6. The van der Waals surface area contributed by atoms with Gasteiger partial charge in [-0.3, -0.25) is 9.69 Å². The van der Waals surface area contributed by atoms with E-state index in [2.05, 4.69) is 34.7 Å². The first-order chi connectivity index (χ1) is 15.1. The number of carbonyl (C=O) groups is 1. The van der Waals surface area contributed by atoms with Crippen LogP contribution in [0.5, 0.6) is 5.75 Å². The Labute approximate surface area is 181 Å². The van der Waals surface area contributed by atoms with Gasteiger partial charge >= 0.3 is 0 Å². The maximum atomic E-state index is 13.4. The fourth-order valence-electron chi connectivity index (χ4n) is 4.49. The lowest BCUT2D eigenvalue weighted by Gasteiger charge is -2.35. The highest BCUT2D eigenvalue weighted by Crippen LogP contribution is 2.34. The molecule has 7 heteroatoms. The average molecular weight is 418 g/mol. The van der Waals surface area contributed by atoms with Crippen LogP contribution in [-0.2, 0) is 11.3 Å². The van der Waals surface area contributed by atoms with Gasteiger partial charge in [0.1, 0.15) is 17.6 Å². The molecular weight excluding hydrogens is 392 g/mol. The van der Waals surface area contributed by atoms with Gasteiger partial charge in [-0.05, 0) is 61.0 Å². The number of fused-ring (bicyclic) bond motifs is 1. The summed E-state index contributed by atoms with van der Waals surface area (Å²) < 4.78 is 13.2. The summed E-state index contributed by atoms with van der Waals surface area (Å²) >= 11 is 0. The minimum atomic E-state index is -0.233. The number of aromatic nitrogens is 1. The lowest BCUT2D eigenvalue weighted by atomic mass is 10.0. The summed E-state index contributed by atoms with van der Waals surface area (Å²) in [5, 5.41) is 6.35. The van der Waals surface area contributed by atoms with Crippen LogP contribution in [0.3, 0.4) is 0 Å². The molecule has 160 valence electrons. The standard InChI is InChI=1S/C24H26N4O3/c1-17-21-5-3-11-26(21)12-13-27(17)16-24(29)28-22(23-6-4-14-31-23)15-20(25-28)18-7-9-19(30-2)10-8-18/h3-11,14,17,22H,12-13,15-16H2,1-2H3/t17-,22+/m1/s1. The molecule has 2 atom stereocenters. The summed E-state index contributed by atoms with van der Waals surface area (Å²) in [6.45, 7) is 4.20. The van der Waals surface area contributed by atoms with Crippen molar-refractivity contribution in [2.75, 3.05) is 20.2 Å². The number of benzene rings is 1. The molecule has 31 heavy (non-hydrogen) atoms. The summed E-state index contributed by atoms with van der Waals surface area (Å²) in [4.78, 5) is 15.6. The van der Waals surface area contributed by atoms with Crippen molar-refractivity contribution in [2.24, 2.45) is 5.10 Å². The van der Waals surface area contributed by atoms with E-state index in [1.165, 1.54) is 5.69 Å².